The SMILES string of the molecule is O=C(C=Cc1cc(Cl)c2c(c1)OCCCO2)N1CCN(C(=O)c2cccs2)CC1. The highest BCUT2D eigenvalue weighted by atomic mass is 35.5. The number of amides is 2. The average molecular weight is 433 g/mol. The maximum absolute atomic E-state index is 12.6. The molecular weight excluding hydrogens is 412 g/mol. The van der Waals surface area contributed by atoms with Crippen molar-refractivity contribution in [2.24, 2.45) is 0 Å². The third-order valence-electron chi connectivity index (χ3n) is 4.85. The zero-order chi connectivity index (χ0) is 20.2. The molecule has 1 aromatic carbocycles. The van der Waals surface area contributed by atoms with Crippen molar-refractivity contribution in [2.45, 2.75) is 6.42 Å². The van der Waals surface area contributed by atoms with E-state index in [-0.39, 0.29) is 11.8 Å². The molecule has 29 heavy (non-hydrogen) atoms. The van der Waals surface area contributed by atoms with E-state index in [4.69, 9.17) is 21.1 Å². The molecule has 2 amide bonds. The molecule has 152 valence electrons. The molecule has 4 rings (SSSR count). The van der Waals surface area contributed by atoms with Crippen molar-refractivity contribution in [2.75, 3.05) is 39.4 Å². The van der Waals surface area contributed by atoms with Crippen molar-refractivity contribution in [1.29, 1.82) is 0 Å². The van der Waals surface area contributed by atoms with Gasteiger partial charge < -0.3 is 19.3 Å². The third kappa shape index (κ3) is 4.57. The number of thiophene rings is 1. The summed E-state index contributed by atoms with van der Waals surface area (Å²) < 4.78 is 11.3. The summed E-state index contributed by atoms with van der Waals surface area (Å²) in [6.45, 7) is 3.24. The van der Waals surface area contributed by atoms with Gasteiger partial charge in [-0.2, -0.15) is 0 Å². The van der Waals surface area contributed by atoms with Crippen LogP contribution in [0.3, 0.4) is 0 Å². The molecule has 2 aliphatic heterocycles. The highest BCUT2D eigenvalue weighted by Gasteiger charge is 2.24. The van der Waals surface area contributed by atoms with Crippen LogP contribution in [-0.4, -0.2) is 61.0 Å². The maximum Gasteiger partial charge on any atom is 0.264 e. The number of nitrogens with zero attached hydrogens (tertiary/aromatic N) is 2. The number of rotatable bonds is 3. The normalized spacial score (nSPS) is 16.7. The molecule has 1 saturated heterocycles. The number of piperazine rings is 1. The van der Waals surface area contributed by atoms with Gasteiger partial charge >= 0.3 is 0 Å². The predicted molar refractivity (Wildman–Crippen MR) is 113 cm³/mol. The van der Waals surface area contributed by atoms with Crippen LogP contribution in [0.4, 0.5) is 0 Å². The molecule has 8 heteroatoms. The van der Waals surface area contributed by atoms with Crippen molar-refractivity contribution < 1.29 is 19.1 Å². The van der Waals surface area contributed by atoms with E-state index >= 15 is 0 Å². The summed E-state index contributed by atoms with van der Waals surface area (Å²) in [6, 6.07) is 7.28. The molecule has 0 aliphatic carbocycles. The summed E-state index contributed by atoms with van der Waals surface area (Å²) in [5, 5.41) is 2.36. The summed E-state index contributed by atoms with van der Waals surface area (Å²) in [5.74, 6) is 1.10. The lowest BCUT2D eigenvalue weighted by molar-refractivity contribution is -0.127. The topological polar surface area (TPSA) is 59.1 Å². The predicted octanol–water partition coefficient (Wildman–Crippen LogP) is 3.56. The third-order valence-corrected chi connectivity index (χ3v) is 5.99. The number of halogens is 1. The second kappa shape index (κ2) is 8.88. The first-order valence-corrected chi connectivity index (χ1v) is 10.8. The fourth-order valence-corrected chi connectivity index (χ4v) is 4.27. The second-order valence-corrected chi connectivity index (χ2v) is 8.16. The van der Waals surface area contributed by atoms with Crippen molar-refractivity contribution >= 4 is 40.8 Å². The van der Waals surface area contributed by atoms with Gasteiger partial charge in [0.05, 0.1) is 23.1 Å². The van der Waals surface area contributed by atoms with Crippen LogP contribution in [0.5, 0.6) is 11.5 Å². The van der Waals surface area contributed by atoms with Crippen molar-refractivity contribution in [3.63, 3.8) is 0 Å². The lowest BCUT2D eigenvalue weighted by Crippen LogP contribution is -2.50. The summed E-state index contributed by atoms with van der Waals surface area (Å²) in [6.07, 6.45) is 4.06. The van der Waals surface area contributed by atoms with Crippen LogP contribution >= 0.6 is 22.9 Å². The Morgan fingerprint density at radius 3 is 2.59 bits per heavy atom. The molecule has 1 fully saturated rings. The Balaban J connectivity index is 1.36. The fourth-order valence-electron chi connectivity index (χ4n) is 3.31. The molecule has 0 bridgehead atoms. The molecule has 3 heterocycles. The molecule has 2 aliphatic rings. The van der Waals surface area contributed by atoms with Gasteiger partial charge in [-0.05, 0) is 35.2 Å². The minimum Gasteiger partial charge on any atom is -0.489 e. The number of carbonyl (C=O) groups is 2. The molecule has 1 aromatic heterocycles. The molecule has 0 unspecified atom stereocenters. The van der Waals surface area contributed by atoms with E-state index < -0.39 is 0 Å². The van der Waals surface area contributed by atoms with Gasteiger partial charge in [-0.25, -0.2) is 0 Å². The van der Waals surface area contributed by atoms with Crippen LogP contribution in [0.2, 0.25) is 5.02 Å². The van der Waals surface area contributed by atoms with Crippen LogP contribution in [0, 0.1) is 0 Å². The molecule has 0 spiro atoms. The largest absolute Gasteiger partial charge is 0.489 e. The molecular formula is C21H21ClN2O4S. The molecule has 2 aromatic rings. The molecule has 0 N–H and O–H groups in total. The number of hydrogen-bond donors (Lipinski definition) is 0. The lowest BCUT2D eigenvalue weighted by atomic mass is 10.1. The van der Waals surface area contributed by atoms with E-state index in [1.807, 2.05) is 23.6 Å². The first kappa shape index (κ1) is 19.8. The summed E-state index contributed by atoms with van der Waals surface area (Å²) >= 11 is 7.74. The van der Waals surface area contributed by atoms with E-state index in [9.17, 15) is 9.59 Å². The number of ether oxygens (including phenoxy) is 2. The Labute approximate surface area is 178 Å². The van der Waals surface area contributed by atoms with Crippen LogP contribution in [0.15, 0.2) is 35.7 Å². The van der Waals surface area contributed by atoms with Crippen LogP contribution in [-0.2, 0) is 4.79 Å². The van der Waals surface area contributed by atoms with Gasteiger partial charge in [0.2, 0.25) is 5.91 Å². The molecule has 6 nitrogen and oxygen atoms in total. The molecule has 0 saturated carbocycles. The Morgan fingerprint density at radius 1 is 1.07 bits per heavy atom. The first-order valence-electron chi connectivity index (χ1n) is 9.51. The standard InChI is InChI=1S/C21H21ClN2O4S/c22-16-13-15(14-17-20(16)28-11-2-10-27-17)4-5-19(25)23-6-8-24(9-7-23)21(26)18-3-1-12-29-18/h1,3-5,12-14H,2,6-11H2. The quantitative estimate of drug-likeness (QED) is 0.696. The van der Waals surface area contributed by atoms with Gasteiger partial charge in [0.15, 0.2) is 11.5 Å². The highest BCUT2D eigenvalue weighted by molar-refractivity contribution is 7.12. The van der Waals surface area contributed by atoms with Crippen molar-refractivity contribution in [3.05, 3.63) is 51.2 Å². The smallest absolute Gasteiger partial charge is 0.264 e. The van der Waals surface area contributed by atoms with E-state index in [0.717, 1.165) is 16.9 Å². The Hall–Kier alpha value is -2.51. The molecule has 0 radical (unpaired) electrons. The zero-order valence-electron chi connectivity index (χ0n) is 15.8. The Morgan fingerprint density at radius 2 is 1.83 bits per heavy atom. The van der Waals surface area contributed by atoms with Gasteiger partial charge in [0.25, 0.3) is 5.91 Å². The summed E-state index contributed by atoms with van der Waals surface area (Å²) in [7, 11) is 0. The molecule has 0 atom stereocenters. The fraction of sp³-hybridized carbons (Fsp3) is 0.333. The first-order chi connectivity index (χ1) is 14.1. The number of benzene rings is 1. The summed E-state index contributed by atoms with van der Waals surface area (Å²) in [4.78, 5) is 29.2. The number of hydrogen-bond acceptors (Lipinski definition) is 5. The van der Waals surface area contributed by atoms with Crippen molar-refractivity contribution in [3.8, 4) is 11.5 Å². The van der Waals surface area contributed by atoms with Crippen LogP contribution in [0.1, 0.15) is 21.7 Å². The van der Waals surface area contributed by atoms with E-state index in [0.29, 0.717) is 55.9 Å². The maximum atomic E-state index is 12.6. The Kier molecular flexibility index (Phi) is 6.06. The van der Waals surface area contributed by atoms with E-state index in [1.54, 1.807) is 21.9 Å². The van der Waals surface area contributed by atoms with Gasteiger partial charge in [-0.3, -0.25) is 9.59 Å². The zero-order valence-corrected chi connectivity index (χ0v) is 17.4. The lowest BCUT2D eigenvalue weighted by Gasteiger charge is -2.34. The van der Waals surface area contributed by atoms with Crippen LogP contribution < -0.4 is 9.47 Å². The van der Waals surface area contributed by atoms with Crippen molar-refractivity contribution in [1.82, 2.24) is 9.80 Å². The highest BCUT2D eigenvalue weighted by Crippen LogP contribution is 2.38. The number of fused-ring (bicyclic) bond motifs is 1. The monoisotopic (exact) mass is 432 g/mol. The van der Waals surface area contributed by atoms with Gasteiger partial charge in [-0.1, -0.05) is 17.7 Å². The van der Waals surface area contributed by atoms with Crippen LogP contribution in [0.25, 0.3) is 6.08 Å². The van der Waals surface area contributed by atoms with Gasteiger partial charge in [0.1, 0.15) is 0 Å². The van der Waals surface area contributed by atoms with E-state index in [2.05, 4.69) is 0 Å². The summed E-state index contributed by atoms with van der Waals surface area (Å²) in [5.41, 5.74) is 0.777. The minimum atomic E-state index is -0.0866. The Bertz CT molecular complexity index is 921. The number of carbonyl (C=O) groups excluding carboxylic acids is 2. The van der Waals surface area contributed by atoms with E-state index in [1.165, 1.54) is 17.4 Å². The minimum absolute atomic E-state index is 0.0319. The second-order valence-electron chi connectivity index (χ2n) is 6.81. The van der Waals surface area contributed by atoms with Gasteiger partial charge in [0, 0.05) is 38.7 Å². The average Bonchev–Trinajstić information content (AvgIpc) is 3.17. The van der Waals surface area contributed by atoms with Gasteiger partial charge in [-0.15, -0.1) is 11.3 Å².